The second kappa shape index (κ2) is 6.12. The van der Waals surface area contributed by atoms with Gasteiger partial charge in [-0.25, -0.2) is 13.1 Å². The van der Waals surface area contributed by atoms with Crippen molar-refractivity contribution in [2.24, 2.45) is 5.41 Å². The van der Waals surface area contributed by atoms with Crippen LogP contribution >= 0.6 is 11.6 Å². The minimum Gasteiger partial charge on any atom is -0.398 e. The fourth-order valence-corrected chi connectivity index (χ4v) is 4.54. The van der Waals surface area contributed by atoms with E-state index in [0.717, 1.165) is 25.7 Å². The zero-order valence-corrected chi connectivity index (χ0v) is 13.6. The number of aliphatic hydroxyl groups excluding tert-OH is 1. The van der Waals surface area contributed by atoms with Gasteiger partial charge in [0.05, 0.1) is 4.90 Å². The molecule has 1 saturated carbocycles. The minimum absolute atomic E-state index is 0.00775. The largest absolute Gasteiger partial charge is 0.398 e. The highest BCUT2D eigenvalue weighted by Gasteiger charge is 2.34. The number of benzene rings is 1. The van der Waals surface area contributed by atoms with E-state index in [1.807, 2.05) is 0 Å². The van der Waals surface area contributed by atoms with Crippen LogP contribution in [0.4, 0.5) is 5.69 Å². The molecule has 4 N–H and O–H groups in total. The summed E-state index contributed by atoms with van der Waals surface area (Å²) in [5.41, 5.74) is 6.26. The number of nitrogens with two attached hydrogens (primary N) is 1. The number of halogens is 1. The van der Waals surface area contributed by atoms with E-state index in [4.69, 9.17) is 17.3 Å². The SMILES string of the molecule is Cc1c(N)cc(Cl)cc1S(=O)(=O)NCC1(CO)CCCC1. The molecule has 21 heavy (non-hydrogen) atoms. The van der Waals surface area contributed by atoms with Crippen molar-refractivity contribution in [3.05, 3.63) is 22.7 Å². The molecule has 0 aliphatic heterocycles. The lowest BCUT2D eigenvalue weighted by Gasteiger charge is -2.26. The molecule has 1 aromatic carbocycles. The van der Waals surface area contributed by atoms with Crippen molar-refractivity contribution in [3.63, 3.8) is 0 Å². The van der Waals surface area contributed by atoms with Crippen LogP contribution in [0.15, 0.2) is 17.0 Å². The highest BCUT2D eigenvalue weighted by molar-refractivity contribution is 7.89. The highest BCUT2D eigenvalue weighted by Crippen LogP contribution is 2.37. The van der Waals surface area contributed by atoms with Crippen molar-refractivity contribution in [1.82, 2.24) is 4.72 Å². The monoisotopic (exact) mass is 332 g/mol. The van der Waals surface area contributed by atoms with Gasteiger partial charge in [0.2, 0.25) is 10.0 Å². The molecule has 1 aromatic rings. The average Bonchev–Trinajstić information content (AvgIpc) is 2.90. The Kier molecular flexibility index (Phi) is 4.82. The van der Waals surface area contributed by atoms with Crippen LogP contribution in [0, 0.1) is 12.3 Å². The predicted molar refractivity (Wildman–Crippen MR) is 83.8 cm³/mol. The van der Waals surface area contributed by atoms with Crippen LogP contribution < -0.4 is 10.5 Å². The normalized spacial score (nSPS) is 18.0. The van der Waals surface area contributed by atoms with Crippen LogP contribution in [-0.2, 0) is 10.0 Å². The molecule has 0 bridgehead atoms. The second-order valence-electron chi connectivity index (χ2n) is 5.81. The molecular formula is C14H21ClN2O3S. The van der Waals surface area contributed by atoms with E-state index in [2.05, 4.69) is 4.72 Å². The third-order valence-electron chi connectivity index (χ3n) is 4.29. The Balaban J connectivity index is 2.23. The van der Waals surface area contributed by atoms with Crippen LogP contribution in [-0.4, -0.2) is 26.7 Å². The summed E-state index contributed by atoms with van der Waals surface area (Å²) < 4.78 is 27.5. The summed E-state index contributed by atoms with van der Waals surface area (Å²) in [6.07, 6.45) is 3.71. The molecule has 0 amide bonds. The lowest BCUT2D eigenvalue weighted by molar-refractivity contribution is 0.134. The molecule has 118 valence electrons. The molecule has 0 heterocycles. The van der Waals surface area contributed by atoms with E-state index >= 15 is 0 Å². The number of nitrogens with one attached hydrogen (secondary N) is 1. The molecule has 0 unspecified atom stereocenters. The number of hydrogen-bond acceptors (Lipinski definition) is 4. The maximum absolute atomic E-state index is 12.5. The first-order valence-electron chi connectivity index (χ1n) is 6.96. The zero-order valence-electron chi connectivity index (χ0n) is 12.0. The molecule has 0 radical (unpaired) electrons. The van der Waals surface area contributed by atoms with Gasteiger partial charge in [0, 0.05) is 29.3 Å². The highest BCUT2D eigenvalue weighted by atomic mass is 35.5. The molecule has 5 nitrogen and oxygen atoms in total. The van der Waals surface area contributed by atoms with Gasteiger partial charge in [-0.15, -0.1) is 0 Å². The first-order valence-corrected chi connectivity index (χ1v) is 8.82. The van der Waals surface area contributed by atoms with Crippen LogP contribution in [0.5, 0.6) is 0 Å². The topological polar surface area (TPSA) is 92.4 Å². The molecule has 1 fully saturated rings. The van der Waals surface area contributed by atoms with Crippen molar-refractivity contribution in [1.29, 1.82) is 0 Å². The van der Waals surface area contributed by atoms with E-state index in [0.29, 0.717) is 11.3 Å². The number of rotatable bonds is 5. The molecule has 1 aliphatic carbocycles. The Morgan fingerprint density at radius 2 is 2.00 bits per heavy atom. The number of nitrogen functional groups attached to an aromatic ring is 1. The van der Waals surface area contributed by atoms with Crippen molar-refractivity contribution in [3.8, 4) is 0 Å². The van der Waals surface area contributed by atoms with Crippen molar-refractivity contribution in [2.75, 3.05) is 18.9 Å². The lowest BCUT2D eigenvalue weighted by atomic mass is 9.88. The summed E-state index contributed by atoms with van der Waals surface area (Å²) in [5, 5.41) is 9.84. The van der Waals surface area contributed by atoms with E-state index in [-0.39, 0.29) is 28.5 Å². The Morgan fingerprint density at radius 1 is 1.38 bits per heavy atom. The summed E-state index contributed by atoms with van der Waals surface area (Å²) in [6, 6.07) is 2.93. The molecule has 0 saturated heterocycles. The fraction of sp³-hybridized carbons (Fsp3) is 0.571. The number of anilines is 1. The third-order valence-corrected chi connectivity index (χ3v) is 6.04. The zero-order chi connectivity index (χ0) is 15.7. The molecule has 2 rings (SSSR count). The van der Waals surface area contributed by atoms with Crippen molar-refractivity contribution < 1.29 is 13.5 Å². The van der Waals surface area contributed by atoms with Crippen molar-refractivity contribution >= 4 is 27.3 Å². The van der Waals surface area contributed by atoms with Gasteiger partial charge in [0.25, 0.3) is 0 Å². The Labute approximate surface area is 130 Å². The van der Waals surface area contributed by atoms with Gasteiger partial charge in [0.15, 0.2) is 0 Å². The van der Waals surface area contributed by atoms with Gasteiger partial charge in [-0.1, -0.05) is 24.4 Å². The predicted octanol–water partition coefficient (Wildman–Crippen LogP) is 2.06. The standard InChI is InChI=1S/C14H21ClN2O3S/c1-10-12(16)6-11(15)7-13(10)21(19,20)17-8-14(9-18)4-2-3-5-14/h6-7,17-18H,2-5,8-9,16H2,1H3. The van der Waals surface area contributed by atoms with Gasteiger partial charge in [0.1, 0.15) is 0 Å². The van der Waals surface area contributed by atoms with Crippen LogP contribution in [0.25, 0.3) is 0 Å². The molecule has 1 aliphatic rings. The Bertz CT molecular complexity index is 625. The van der Waals surface area contributed by atoms with Crippen molar-refractivity contribution in [2.45, 2.75) is 37.5 Å². The first kappa shape index (κ1) is 16.5. The van der Waals surface area contributed by atoms with Crippen LogP contribution in [0.3, 0.4) is 0 Å². The van der Waals surface area contributed by atoms with E-state index < -0.39 is 10.0 Å². The second-order valence-corrected chi connectivity index (χ2v) is 7.98. The van der Waals surface area contributed by atoms with Crippen LogP contribution in [0.1, 0.15) is 31.2 Å². The van der Waals surface area contributed by atoms with Gasteiger partial charge in [-0.05, 0) is 37.5 Å². The smallest absolute Gasteiger partial charge is 0.240 e. The number of sulfonamides is 1. The molecule has 0 spiro atoms. The summed E-state index contributed by atoms with van der Waals surface area (Å²) in [7, 11) is -3.70. The molecule has 0 aromatic heterocycles. The fourth-order valence-electron chi connectivity index (χ4n) is 2.79. The van der Waals surface area contributed by atoms with Gasteiger partial charge < -0.3 is 10.8 Å². The molecule has 7 heteroatoms. The summed E-state index contributed by atoms with van der Waals surface area (Å²) in [6.45, 7) is 1.88. The first-order chi connectivity index (χ1) is 9.80. The summed E-state index contributed by atoms with van der Waals surface area (Å²) in [5.74, 6) is 0. The average molecular weight is 333 g/mol. The number of aliphatic hydroxyl groups is 1. The Morgan fingerprint density at radius 3 is 2.57 bits per heavy atom. The Hall–Kier alpha value is -0.820. The third kappa shape index (κ3) is 3.51. The van der Waals surface area contributed by atoms with Gasteiger partial charge >= 0.3 is 0 Å². The number of hydrogen-bond donors (Lipinski definition) is 3. The maximum Gasteiger partial charge on any atom is 0.240 e. The molecular weight excluding hydrogens is 312 g/mol. The van der Waals surface area contributed by atoms with Gasteiger partial charge in [-0.2, -0.15) is 0 Å². The van der Waals surface area contributed by atoms with Gasteiger partial charge in [-0.3, -0.25) is 0 Å². The maximum atomic E-state index is 12.5. The van der Waals surface area contributed by atoms with Crippen LogP contribution in [0.2, 0.25) is 5.02 Å². The summed E-state index contributed by atoms with van der Waals surface area (Å²) in [4.78, 5) is 0.0959. The quantitative estimate of drug-likeness (QED) is 0.720. The van der Waals surface area contributed by atoms with E-state index in [9.17, 15) is 13.5 Å². The van der Waals surface area contributed by atoms with E-state index in [1.54, 1.807) is 6.92 Å². The molecule has 0 atom stereocenters. The summed E-state index contributed by atoms with van der Waals surface area (Å²) >= 11 is 5.90. The van der Waals surface area contributed by atoms with E-state index in [1.165, 1.54) is 12.1 Å². The lowest BCUT2D eigenvalue weighted by Crippen LogP contribution is -2.38. The minimum atomic E-state index is -3.70.